The number of rotatable bonds is 10. The van der Waals surface area contributed by atoms with Gasteiger partial charge >= 0.3 is 0 Å². The summed E-state index contributed by atoms with van der Waals surface area (Å²) in [7, 11) is 1.63. The Labute approximate surface area is 232 Å². The summed E-state index contributed by atoms with van der Waals surface area (Å²) in [6, 6.07) is 34.4. The highest BCUT2D eigenvalue weighted by Crippen LogP contribution is 2.42. The molecule has 1 saturated heterocycles. The van der Waals surface area contributed by atoms with Crippen molar-refractivity contribution < 1.29 is 19.0 Å². The zero-order chi connectivity index (χ0) is 27.3. The van der Waals surface area contributed by atoms with Crippen molar-refractivity contribution in [3.8, 4) is 17.2 Å². The molecule has 1 fully saturated rings. The second-order valence-corrected chi connectivity index (χ2v) is 9.46. The van der Waals surface area contributed by atoms with Crippen LogP contribution in [0.5, 0.6) is 17.2 Å². The molecule has 0 saturated carbocycles. The van der Waals surface area contributed by atoms with Gasteiger partial charge in [-0.05, 0) is 59.7 Å². The lowest BCUT2D eigenvalue weighted by atomic mass is 9.89. The van der Waals surface area contributed by atoms with Crippen molar-refractivity contribution in [3.63, 3.8) is 0 Å². The van der Waals surface area contributed by atoms with Crippen molar-refractivity contribution in [1.29, 1.82) is 0 Å². The van der Waals surface area contributed by atoms with Crippen molar-refractivity contribution in [2.75, 3.05) is 12.0 Å². The molecule has 40 heavy (non-hydrogen) atoms. The molecule has 8 heteroatoms. The molecule has 0 radical (unpaired) electrons. The maximum atomic E-state index is 13.4. The number of β-lactam (4-membered cyclic amide) rings is 1. The number of ether oxygens (including phenoxy) is 3. The van der Waals surface area contributed by atoms with E-state index in [-0.39, 0.29) is 18.6 Å². The maximum Gasteiger partial charge on any atom is 0.271 e. The third kappa shape index (κ3) is 5.37. The van der Waals surface area contributed by atoms with Crippen molar-refractivity contribution in [1.82, 2.24) is 15.0 Å². The van der Waals surface area contributed by atoms with Gasteiger partial charge in [0.15, 0.2) is 0 Å². The van der Waals surface area contributed by atoms with Crippen LogP contribution in [0.4, 0.5) is 5.69 Å². The Hall–Kier alpha value is -5.11. The Morgan fingerprint density at radius 3 is 2.27 bits per heavy atom. The van der Waals surface area contributed by atoms with Crippen molar-refractivity contribution in [2.24, 2.45) is 0 Å². The van der Waals surface area contributed by atoms with E-state index in [1.54, 1.807) is 16.7 Å². The van der Waals surface area contributed by atoms with Crippen LogP contribution in [-0.4, -0.2) is 34.1 Å². The zero-order valence-corrected chi connectivity index (χ0v) is 22.0. The van der Waals surface area contributed by atoms with Gasteiger partial charge < -0.3 is 14.2 Å². The Balaban J connectivity index is 1.15. The van der Waals surface area contributed by atoms with Gasteiger partial charge in [-0.15, -0.1) is 5.10 Å². The quantitative estimate of drug-likeness (QED) is 0.223. The standard InChI is InChI=1S/C32H28N4O4/c1-38-29-14-8-11-24(19-29)30-31(40-28-12-6-3-7-13-28)32(37)36(30)26-15-17-27(18-16-26)39-22-25-21-35(34-33-25)20-23-9-4-2-5-10-23/h2-19,21,30-31H,20,22H2,1H3. The fraction of sp³-hybridized carbons (Fsp3) is 0.156. The van der Waals surface area contributed by atoms with Gasteiger partial charge in [-0.1, -0.05) is 65.9 Å². The maximum absolute atomic E-state index is 13.4. The number of amides is 1. The normalized spacial score (nSPS) is 16.3. The van der Waals surface area contributed by atoms with Gasteiger partial charge in [0.25, 0.3) is 5.91 Å². The van der Waals surface area contributed by atoms with Crippen molar-refractivity contribution in [3.05, 3.63) is 132 Å². The smallest absolute Gasteiger partial charge is 0.271 e. The van der Waals surface area contributed by atoms with Gasteiger partial charge in [-0.3, -0.25) is 9.69 Å². The minimum absolute atomic E-state index is 0.111. The molecule has 0 aliphatic carbocycles. The molecule has 1 aliphatic heterocycles. The summed E-state index contributed by atoms with van der Waals surface area (Å²) in [5.41, 5.74) is 3.57. The molecule has 1 amide bonds. The van der Waals surface area contributed by atoms with Gasteiger partial charge in [0, 0.05) is 5.69 Å². The molecule has 2 unspecified atom stereocenters. The topological polar surface area (TPSA) is 78.7 Å². The number of methoxy groups -OCH3 is 1. The Morgan fingerprint density at radius 2 is 1.52 bits per heavy atom. The van der Waals surface area contributed by atoms with E-state index in [4.69, 9.17) is 14.2 Å². The number of nitrogens with zero attached hydrogens (tertiary/aromatic N) is 4. The molecule has 2 heterocycles. The average molecular weight is 533 g/mol. The average Bonchev–Trinajstić information content (AvgIpc) is 3.46. The van der Waals surface area contributed by atoms with Crippen LogP contribution in [0.1, 0.15) is 22.9 Å². The minimum atomic E-state index is -0.649. The minimum Gasteiger partial charge on any atom is -0.497 e. The second kappa shape index (κ2) is 11.3. The zero-order valence-electron chi connectivity index (χ0n) is 22.0. The summed E-state index contributed by atoms with van der Waals surface area (Å²) in [6.45, 7) is 0.937. The van der Waals surface area contributed by atoms with Crippen LogP contribution in [0.2, 0.25) is 0 Å². The molecule has 5 aromatic rings. The van der Waals surface area contributed by atoms with Gasteiger partial charge in [-0.25, -0.2) is 4.68 Å². The second-order valence-electron chi connectivity index (χ2n) is 9.46. The van der Waals surface area contributed by atoms with Crippen molar-refractivity contribution >= 4 is 11.6 Å². The summed E-state index contributed by atoms with van der Waals surface area (Å²) in [5, 5.41) is 8.41. The highest BCUT2D eigenvalue weighted by molar-refractivity contribution is 6.05. The third-order valence-corrected chi connectivity index (χ3v) is 6.76. The third-order valence-electron chi connectivity index (χ3n) is 6.76. The number of hydrogen-bond donors (Lipinski definition) is 0. The van der Waals surface area contributed by atoms with Crippen LogP contribution in [-0.2, 0) is 17.9 Å². The fourth-order valence-corrected chi connectivity index (χ4v) is 4.77. The van der Waals surface area contributed by atoms with Gasteiger partial charge in [0.05, 0.1) is 19.9 Å². The van der Waals surface area contributed by atoms with Gasteiger partial charge in [0.2, 0.25) is 6.10 Å². The summed E-state index contributed by atoms with van der Waals surface area (Å²) >= 11 is 0. The van der Waals surface area contributed by atoms with Crippen LogP contribution < -0.4 is 19.1 Å². The van der Waals surface area contributed by atoms with E-state index in [1.165, 1.54) is 0 Å². The molecule has 0 N–H and O–H groups in total. The van der Waals surface area contributed by atoms with E-state index >= 15 is 0 Å². The number of carbonyl (C=O) groups excluding carboxylic acids is 1. The molecular formula is C32H28N4O4. The van der Waals surface area contributed by atoms with Crippen LogP contribution in [0.15, 0.2) is 115 Å². The molecule has 0 spiro atoms. The number of hydrogen-bond acceptors (Lipinski definition) is 6. The van der Waals surface area contributed by atoms with Crippen molar-refractivity contribution in [2.45, 2.75) is 25.3 Å². The molecule has 2 atom stereocenters. The number of carbonyl (C=O) groups is 1. The van der Waals surface area contributed by atoms with E-state index in [1.807, 2.05) is 103 Å². The summed E-state index contributed by atoms with van der Waals surface area (Å²) in [4.78, 5) is 15.1. The van der Waals surface area contributed by atoms with Crippen LogP contribution in [0.3, 0.4) is 0 Å². The van der Waals surface area contributed by atoms with Crippen LogP contribution in [0.25, 0.3) is 0 Å². The summed E-state index contributed by atoms with van der Waals surface area (Å²) in [5.74, 6) is 1.93. The fourth-order valence-electron chi connectivity index (χ4n) is 4.77. The predicted molar refractivity (Wildman–Crippen MR) is 150 cm³/mol. The SMILES string of the molecule is COc1cccc(C2C(Oc3ccccc3)C(=O)N2c2ccc(OCc3cn(Cc4ccccc4)nn3)cc2)c1. The first-order valence-electron chi connectivity index (χ1n) is 13.0. The van der Waals surface area contributed by atoms with E-state index in [0.717, 1.165) is 28.3 Å². The largest absolute Gasteiger partial charge is 0.497 e. The van der Waals surface area contributed by atoms with E-state index in [9.17, 15) is 4.79 Å². The summed E-state index contributed by atoms with van der Waals surface area (Å²) < 4.78 is 19.3. The lowest BCUT2D eigenvalue weighted by Crippen LogP contribution is -2.61. The Bertz CT molecular complexity index is 1570. The van der Waals surface area contributed by atoms with E-state index in [0.29, 0.717) is 18.0 Å². The Morgan fingerprint density at radius 1 is 0.800 bits per heavy atom. The lowest BCUT2D eigenvalue weighted by molar-refractivity contribution is -0.135. The monoisotopic (exact) mass is 532 g/mol. The first-order chi connectivity index (χ1) is 19.7. The van der Waals surface area contributed by atoms with E-state index in [2.05, 4.69) is 22.4 Å². The van der Waals surface area contributed by atoms with Crippen LogP contribution >= 0.6 is 0 Å². The number of benzene rings is 4. The number of aromatic nitrogens is 3. The molecule has 6 rings (SSSR count). The highest BCUT2D eigenvalue weighted by Gasteiger charge is 2.51. The molecule has 4 aromatic carbocycles. The predicted octanol–water partition coefficient (Wildman–Crippen LogP) is 5.45. The Kier molecular flexibility index (Phi) is 7.13. The molecule has 1 aromatic heterocycles. The molecule has 1 aliphatic rings. The van der Waals surface area contributed by atoms with Gasteiger partial charge in [0.1, 0.15) is 35.6 Å². The van der Waals surface area contributed by atoms with Gasteiger partial charge in [-0.2, -0.15) is 0 Å². The lowest BCUT2D eigenvalue weighted by Gasteiger charge is -2.46. The first kappa shape index (κ1) is 25.2. The number of anilines is 1. The molecule has 0 bridgehead atoms. The van der Waals surface area contributed by atoms with Crippen LogP contribution in [0, 0.1) is 0 Å². The molecule has 200 valence electrons. The molecular weight excluding hydrogens is 504 g/mol. The highest BCUT2D eigenvalue weighted by atomic mass is 16.5. The number of para-hydroxylation sites is 1. The van der Waals surface area contributed by atoms with E-state index < -0.39 is 6.10 Å². The summed E-state index contributed by atoms with van der Waals surface area (Å²) in [6.07, 6.45) is 1.23. The first-order valence-corrected chi connectivity index (χ1v) is 13.0. The molecule has 8 nitrogen and oxygen atoms in total.